The van der Waals surface area contributed by atoms with Gasteiger partial charge in [-0.25, -0.2) is 0 Å². The highest BCUT2D eigenvalue weighted by atomic mass is 15.0. The molecule has 0 bridgehead atoms. The maximum Gasteiger partial charge on any atom is 0.0949 e. The molecule has 0 aliphatic rings. The van der Waals surface area contributed by atoms with Crippen molar-refractivity contribution >= 4 is 54.4 Å². The molecular weight excluding hydrogens is 510 g/mol. The Hall–Kier alpha value is -5.67. The number of para-hydroxylation sites is 3. The molecule has 0 saturated heterocycles. The summed E-state index contributed by atoms with van der Waals surface area (Å²) in [6.07, 6.45) is 1.95. The number of fused-ring (bicyclic) bond motifs is 7. The van der Waals surface area contributed by atoms with E-state index in [0.717, 1.165) is 28.1 Å². The average molecular weight is 536 g/mol. The maximum atomic E-state index is 5.03. The minimum absolute atomic E-state index is 0.977. The number of benzene rings is 6. The molecule has 3 aromatic heterocycles. The first kappa shape index (κ1) is 23.1. The highest BCUT2D eigenvalue weighted by molar-refractivity contribution is 6.14. The standard InChI is InChI=1S/C39H25N3/c1-2-12-29(13-3-1)42-36-17-9-7-15-32(36)34-22-23-40-38(39(34)42)28-19-21-33-31-14-6-8-16-35(31)41(37(33)25-28)30-20-18-26-10-4-5-11-27(26)24-30/h1-25H. The second kappa shape index (κ2) is 8.92. The number of hydrogen-bond donors (Lipinski definition) is 0. The molecule has 9 rings (SSSR count). The monoisotopic (exact) mass is 535 g/mol. The Morgan fingerprint density at radius 2 is 1.07 bits per heavy atom. The van der Waals surface area contributed by atoms with Crippen molar-refractivity contribution in [2.75, 3.05) is 0 Å². The van der Waals surface area contributed by atoms with Crippen molar-refractivity contribution in [1.29, 1.82) is 0 Å². The number of aromatic nitrogens is 3. The Labute approximate surface area is 242 Å². The van der Waals surface area contributed by atoms with Gasteiger partial charge in [0.1, 0.15) is 0 Å². The zero-order chi connectivity index (χ0) is 27.6. The van der Waals surface area contributed by atoms with Gasteiger partial charge in [0.2, 0.25) is 0 Å². The van der Waals surface area contributed by atoms with E-state index in [-0.39, 0.29) is 0 Å². The predicted molar refractivity (Wildman–Crippen MR) is 176 cm³/mol. The summed E-state index contributed by atoms with van der Waals surface area (Å²) in [6, 6.07) is 52.2. The van der Waals surface area contributed by atoms with E-state index in [1.807, 2.05) is 6.20 Å². The Morgan fingerprint density at radius 1 is 0.405 bits per heavy atom. The third-order valence-corrected chi connectivity index (χ3v) is 8.54. The van der Waals surface area contributed by atoms with Gasteiger partial charge in [-0.05, 0) is 59.3 Å². The van der Waals surface area contributed by atoms with Crippen LogP contribution in [0.2, 0.25) is 0 Å². The van der Waals surface area contributed by atoms with Gasteiger partial charge < -0.3 is 9.13 Å². The van der Waals surface area contributed by atoms with Crippen molar-refractivity contribution in [1.82, 2.24) is 14.1 Å². The second-order valence-corrected chi connectivity index (χ2v) is 10.9. The summed E-state index contributed by atoms with van der Waals surface area (Å²) in [5, 5.41) is 7.39. The second-order valence-electron chi connectivity index (χ2n) is 10.9. The van der Waals surface area contributed by atoms with E-state index in [0.29, 0.717) is 0 Å². The third kappa shape index (κ3) is 3.31. The minimum atomic E-state index is 0.977. The number of rotatable bonds is 3. The molecule has 6 aromatic carbocycles. The molecule has 3 heteroatoms. The molecule has 3 nitrogen and oxygen atoms in total. The van der Waals surface area contributed by atoms with Crippen LogP contribution in [0.1, 0.15) is 0 Å². The summed E-state index contributed by atoms with van der Waals surface area (Å²) in [5.74, 6) is 0. The molecular formula is C39H25N3. The summed E-state index contributed by atoms with van der Waals surface area (Å²) in [7, 11) is 0. The van der Waals surface area contributed by atoms with Gasteiger partial charge >= 0.3 is 0 Å². The molecule has 0 aliphatic heterocycles. The van der Waals surface area contributed by atoms with Crippen LogP contribution >= 0.6 is 0 Å². The molecule has 3 heterocycles. The molecule has 0 amide bonds. The summed E-state index contributed by atoms with van der Waals surface area (Å²) >= 11 is 0. The molecule has 0 unspecified atom stereocenters. The quantitative estimate of drug-likeness (QED) is 0.221. The van der Waals surface area contributed by atoms with E-state index >= 15 is 0 Å². The Bertz CT molecular complexity index is 2460. The van der Waals surface area contributed by atoms with Gasteiger partial charge in [0.25, 0.3) is 0 Å². The van der Waals surface area contributed by atoms with Crippen LogP contribution in [0.3, 0.4) is 0 Å². The van der Waals surface area contributed by atoms with Crippen LogP contribution in [0.15, 0.2) is 152 Å². The number of pyridine rings is 1. The van der Waals surface area contributed by atoms with Gasteiger partial charge in [-0.15, -0.1) is 0 Å². The maximum absolute atomic E-state index is 5.03. The topological polar surface area (TPSA) is 22.8 Å². The fourth-order valence-corrected chi connectivity index (χ4v) is 6.68. The van der Waals surface area contributed by atoms with Crippen molar-refractivity contribution in [2.45, 2.75) is 0 Å². The lowest BCUT2D eigenvalue weighted by atomic mass is 10.0. The highest BCUT2D eigenvalue weighted by Crippen LogP contribution is 2.39. The van der Waals surface area contributed by atoms with E-state index in [2.05, 4.69) is 155 Å². The van der Waals surface area contributed by atoms with E-state index in [1.165, 1.54) is 48.9 Å². The van der Waals surface area contributed by atoms with Crippen molar-refractivity contribution < 1.29 is 0 Å². The largest absolute Gasteiger partial charge is 0.309 e. The van der Waals surface area contributed by atoms with Gasteiger partial charge in [-0.3, -0.25) is 4.98 Å². The Balaban J connectivity index is 1.37. The lowest BCUT2D eigenvalue weighted by Gasteiger charge is -2.12. The van der Waals surface area contributed by atoms with E-state index < -0.39 is 0 Å². The molecule has 0 atom stereocenters. The van der Waals surface area contributed by atoms with Crippen LogP contribution in [0.25, 0.3) is 77.0 Å². The number of hydrogen-bond acceptors (Lipinski definition) is 1. The lowest BCUT2D eigenvalue weighted by Crippen LogP contribution is -1.97. The van der Waals surface area contributed by atoms with Crippen LogP contribution in [0.5, 0.6) is 0 Å². The molecule has 42 heavy (non-hydrogen) atoms. The fourth-order valence-electron chi connectivity index (χ4n) is 6.68. The summed E-state index contributed by atoms with van der Waals surface area (Å²) in [4.78, 5) is 5.03. The molecule has 0 fully saturated rings. The van der Waals surface area contributed by atoms with Crippen molar-refractivity contribution in [3.8, 4) is 22.6 Å². The van der Waals surface area contributed by atoms with Crippen molar-refractivity contribution in [2.24, 2.45) is 0 Å². The Morgan fingerprint density at radius 3 is 1.90 bits per heavy atom. The van der Waals surface area contributed by atoms with E-state index in [9.17, 15) is 0 Å². The van der Waals surface area contributed by atoms with Crippen LogP contribution < -0.4 is 0 Å². The van der Waals surface area contributed by atoms with E-state index in [4.69, 9.17) is 4.98 Å². The summed E-state index contributed by atoms with van der Waals surface area (Å²) in [5.41, 5.74) is 9.03. The van der Waals surface area contributed by atoms with Crippen LogP contribution in [0.4, 0.5) is 0 Å². The minimum Gasteiger partial charge on any atom is -0.309 e. The van der Waals surface area contributed by atoms with Gasteiger partial charge in [0.15, 0.2) is 0 Å². The van der Waals surface area contributed by atoms with Crippen molar-refractivity contribution in [3.63, 3.8) is 0 Å². The molecule has 0 aliphatic carbocycles. The van der Waals surface area contributed by atoms with Crippen molar-refractivity contribution in [3.05, 3.63) is 152 Å². The third-order valence-electron chi connectivity index (χ3n) is 8.54. The normalized spacial score (nSPS) is 11.8. The zero-order valence-electron chi connectivity index (χ0n) is 22.8. The molecule has 0 radical (unpaired) electrons. The summed E-state index contributed by atoms with van der Waals surface area (Å²) in [6.45, 7) is 0. The lowest BCUT2D eigenvalue weighted by molar-refractivity contribution is 1.17. The first-order valence-electron chi connectivity index (χ1n) is 14.3. The van der Waals surface area contributed by atoms with Crippen LogP contribution in [0, 0.1) is 0 Å². The molecule has 0 N–H and O–H groups in total. The molecule has 0 saturated carbocycles. The summed E-state index contributed by atoms with van der Waals surface area (Å²) < 4.78 is 4.75. The van der Waals surface area contributed by atoms with Crippen LogP contribution in [-0.4, -0.2) is 14.1 Å². The SMILES string of the molecule is c1ccc(-n2c3ccccc3c3ccnc(-c4ccc5c6ccccc6n(-c6ccc7ccccc7c6)c5c4)c32)cc1. The predicted octanol–water partition coefficient (Wildman–Crippen LogP) is 10.1. The Kier molecular flexibility index (Phi) is 4.90. The first-order chi connectivity index (χ1) is 20.8. The van der Waals surface area contributed by atoms with Gasteiger partial charge in [-0.2, -0.15) is 0 Å². The molecule has 196 valence electrons. The molecule has 0 spiro atoms. The number of nitrogens with zero attached hydrogens (tertiary/aromatic N) is 3. The highest BCUT2D eigenvalue weighted by Gasteiger charge is 2.19. The van der Waals surface area contributed by atoms with Gasteiger partial charge in [0.05, 0.1) is 27.8 Å². The first-order valence-corrected chi connectivity index (χ1v) is 14.3. The smallest absolute Gasteiger partial charge is 0.0949 e. The zero-order valence-corrected chi connectivity index (χ0v) is 22.8. The van der Waals surface area contributed by atoms with Gasteiger partial charge in [0, 0.05) is 44.7 Å². The van der Waals surface area contributed by atoms with Gasteiger partial charge in [-0.1, -0.05) is 97.1 Å². The van der Waals surface area contributed by atoms with E-state index in [1.54, 1.807) is 0 Å². The van der Waals surface area contributed by atoms with Crippen LogP contribution in [-0.2, 0) is 0 Å². The molecule has 9 aromatic rings. The average Bonchev–Trinajstić information content (AvgIpc) is 3.58. The fraction of sp³-hybridized carbons (Fsp3) is 0.